The lowest BCUT2D eigenvalue weighted by Crippen LogP contribution is -2.22. The average Bonchev–Trinajstić information content (AvgIpc) is 2.61. The molecule has 0 aliphatic carbocycles. The van der Waals surface area contributed by atoms with Crippen molar-refractivity contribution in [2.75, 3.05) is 31.4 Å². The second kappa shape index (κ2) is 8.82. The molecular weight excluding hydrogens is 320 g/mol. The maximum absolute atomic E-state index is 12.2. The Morgan fingerprint density at radius 3 is 2.44 bits per heavy atom. The summed E-state index contributed by atoms with van der Waals surface area (Å²) < 4.78 is 16.2. The molecule has 2 rings (SSSR count). The quantitative estimate of drug-likeness (QED) is 0.766. The van der Waals surface area contributed by atoms with Crippen molar-refractivity contribution in [1.29, 1.82) is 0 Å². The Kier molecular flexibility index (Phi) is 6.51. The molecular formula is C19H24N2O4. The summed E-state index contributed by atoms with van der Waals surface area (Å²) in [4.78, 5) is 12.2. The van der Waals surface area contributed by atoms with Crippen molar-refractivity contribution in [3.05, 3.63) is 42.5 Å². The molecule has 6 heteroatoms. The highest BCUT2D eigenvalue weighted by Crippen LogP contribution is 2.29. The lowest BCUT2D eigenvalue weighted by atomic mass is 10.2. The van der Waals surface area contributed by atoms with Crippen molar-refractivity contribution in [3.63, 3.8) is 0 Å². The molecule has 25 heavy (non-hydrogen) atoms. The molecule has 0 fully saturated rings. The molecule has 0 heterocycles. The molecule has 0 saturated carbocycles. The third-order valence-corrected chi connectivity index (χ3v) is 3.37. The fourth-order valence-electron chi connectivity index (χ4n) is 2.24. The Morgan fingerprint density at radius 2 is 1.76 bits per heavy atom. The number of carbonyl (C=O) groups excluding carboxylic acids is 1. The summed E-state index contributed by atoms with van der Waals surface area (Å²) in [5.74, 6) is 1.72. The van der Waals surface area contributed by atoms with E-state index in [1.165, 1.54) is 0 Å². The largest absolute Gasteiger partial charge is 0.497 e. The minimum Gasteiger partial charge on any atom is -0.497 e. The van der Waals surface area contributed by atoms with Crippen LogP contribution in [-0.4, -0.2) is 32.8 Å². The zero-order valence-corrected chi connectivity index (χ0v) is 15.0. The fourth-order valence-corrected chi connectivity index (χ4v) is 2.24. The first-order valence-electron chi connectivity index (χ1n) is 8.05. The smallest absolute Gasteiger partial charge is 0.243 e. The van der Waals surface area contributed by atoms with E-state index >= 15 is 0 Å². The highest BCUT2D eigenvalue weighted by Gasteiger charge is 2.10. The summed E-state index contributed by atoms with van der Waals surface area (Å²) in [6, 6.07) is 12.7. The maximum atomic E-state index is 12.2. The SMILES string of the molecule is COc1ccc(NC(=O)CNc2ccccc2OC(C)C)c(OC)c1. The van der Waals surface area contributed by atoms with Crippen LogP contribution < -0.4 is 24.8 Å². The van der Waals surface area contributed by atoms with Gasteiger partial charge in [-0.25, -0.2) is 0 Å². The summed E-state index contributed by atoms with van der Waals surface area (Å²) in [6.45, 7) is 4.02. The van der Waals surface area contributed by atoms with Gasteiger partial charge in [0, 0.05) is 6.07 Å². The highest BCUT2D eigenvalue weighted by molar-refractivity contribution is 5.95. The molecule has 0 radical (unpaired) electrons. The molecule has 6 nitrogen and oxygen atoms in total. The van der Waals surface area contributed by atoms with Gasteiger partial charge in [0.1, 0.15) is 17.2 Å². The van der Waals surface area contributed by atoms with Crippen molar-refractivity contribution in [1.82, 2.24) is 0 Å². The molecule has 0 atom stereocenters. The topological polar surface area (TPSA) is 68.8 Å². The fraction of sp³-hybridized carbons (Fsp3) is 0.316. The number of hydrogen-bond acceptors (Lipinski definition) is 5. The van der Waals surface area contributed by atoms with Crippen LogP contribution in [0.3, 0.4) is 0 Å². The van der Waals surface area contributed by atoms with Crippen LogP contribution in [0, 0.1) is 0 Å². The van der Waals surface area contributed by atoms with Crippen molar-refractivity contribution in [2.45, 2.75) is 20.0 Å². The molecule has 0 unspecified atom stereocenters. The predicted molar refractivity (Wildman–Crippen MR) is 98.9 cm³/mol. The summed E-state index contributed by atoms with van der Waals surface area (Å²) in [6.07, 6.45) is 0.0559. The van der Waals surface area contributed by atoms with Gasteiger partial charge in [-0.1, -0.05) is 12.1 Å². The van der Waals surface area contributed by atoms with E-state index in [9.17, 15) is 4.79 Å². The van der Waals surface area contributed by atoms with Gasteiger partial charge in [-0.2, -0.15) is 0 Å². The summed E-state index contributed by atoms with van der Waals surface area (Å²) in [7, 11) is 3.12. The Labute approximate surface area is 148 Å². The predicted octanol–water partition coefficient (Wildman–Crippen LogP) is 3.54. The number of anilines is 2. The lowest BCUT2D eigenvalue weighted by molar-refractivity contribution is -0.114. The van der Waals surface area contributed by atoms with Crippen molar-refractivity contribution in [2.24, 2.45) is 0 Å². The van der Waals surface area contributed by atoms with Gasteiger partial charge in [0.05, 0.1) is 38.2 Å². The molecule has 0 aliphatic heterocycles. The van der Waals surface area contributed by atoms with Crippen molar-refractivity contribution < 1.29 is 19.0 Å². The van der Waals surface area contributed by atoms with Gasteiger partial charge >= 0.3 is 0 Å². The second-order valence-corrected chi connectivity index (χ2v) is 5.63. The van der Waals surface area contributed by atoms with Crippen LogP contribution in [-0.2, 0) is 4.79 Å². The van der Waals surface area contributed by atoms with E-state index in [0.717, 1.165) is 5.69 Å². The number of amides is 1. The van der Waals surface area contributed by atoms with Crippen LogP contribution in [0.15, 0.2) is 42.5 Å². The minimum absolute atomic E-state index is 0.0559. The number of methoxy groups -OCH3 is 2. The van der Waals surface area contributed by atoms with Gasteiger partial charge in [0.2, 0.25) is 5.91 Å². The zero-order valence-electron chi connectivity index (χ0n) is 15.0. The Hall–Kier alpha value is -2.89. The van der Waals surface area contributed by atoms with Crippen LogP contribution in [0.2, 0.25) is 0 Å². The summed E-state index contributed by atoms with van der Waals surface area (Å²) in [5, 5.41) is 5.92. The average molecular weight is 344 g/mol. The number of carbonyl (C=O) groups is 1. The highest BCUT2D eigenvalue weighted by atomic mass is 16.5. The molecule has 134 valence electrons. The number of ether oxygens (including phenoxy) is 3. The first kappa shape index (κ1) is 18.4. The molecule has 2 N–H and O–H groups in total. The van der Waals surface area contributed by atoms with Crippen LogP contribution in [0.4, 0.5) is 11.4 Å². The molecule has 2 aromatic carbocycles. The normalized spacial score (nSPS) is 10.3. The maximum Gasteiger partial charge on any atom is 0.243 e. The van der Waals surface area contributed by atoms with E-state index in [2.05, 4.69) is 10.6 Å². The molecule has 2 aromatic rings. The zero-order chi connectivity index (χ0) is 18.2. The number of hydrogen-bond donors (Lipinski definition) is 2. The minimum atomic E-state index is -0.192. The Balaban J connectivity index is 2.00. The standard InChI is InChI=1S/C19H24N2O4/c1-13(2)25-17-8-6-5-7-15(17)20-12-19(22)21-16-10-9-14(23-3)11-18(16)24-4/h5-11,13,20H,12H2,1-4H3,(H,21,22). The molecule has 1 amide bonds. The van der Waals surface area contributed by atoms with Crippen LogP contribution in [0.25, 0.3) is 0 Å². The Bertz CT molecular complexity index is 716. The first-order valence-corrected chi connectivity index (χ1v) is 8.05. The van der Waals surface area contributed by atoms with E-state index in [-0.39, 0.29) is 18.6 Å². The first-order chi connectivity index (χ1) is 12.0. The van der Waals surface area contributed by atoms with Gasteiger partial charge in [0.15, 0.2) is 0 Å². The van der Waals surface area contributed by atoms with Crippen LogP contribution in [0.1, 0.15) is 13.8 Å². The third-order valence-electron chi connectivity index (χ3n) is 3.37. The summed E-state index contributed by atoms with van der Waals surface area (Å²) in [5.41, 5.74) is 1.36. The van der Waals surface area contributed by atoms with Crippen molar-refractivity contribution >= 4 is 17.3 Å². The summed E-state index contributed by atoms with van der Waals surface area (Å²) >= 11 is 0. The van der Waals surface area contributed by atoms with E-state index in [1.807, 2.05) is 38.1 Å². The Morgan fingerprint density at radius 1 is 1.00 bits per heavy atom. The number of rotatable bonds is 8. The van der Waals surface area contributed by atoms with Crippen LogP contribution in [0.5, 0.6) is 17.2 Å². The van der Waals surface area contributed by atoms with E-state index in [4.69, 9.17) is 14.2 Å². The van der Waals surface area contributed by atoms with Gasteiger partial charge in [-0.15, -0.1) is 0 Å². The van der Waals surface area contributed by atoms with Crippen molar-refractivity contribution in [3.8, 4) is 17.2 Å². The monoisotopic (exact) mass is 344 g/mol. The number of nitrogens with one attached hydrogen (secondary N) is 2. The van der Waals surface area contributed by atoms with Gasteiger partial charge < -0.3 is 24.8 Å². The van der Waals surface area contributed by atoms with E-state index in [1.54, 1.807) is 32.4 Å². The molecule has 0 saturated heterocycles. The molecule has 0 aromatic heterocycles. The number of benzene rings is 2. The van der Waals surface area contributed by atoms with Crippen LogP contribution >= 0.6 is 0 Å². The molecule has 0 spiro atoms. The molecule has 0 aliphatic rings. The second-order valence-electron chi connectivity index (χ2n) is 5.63. The molecule has 0 bridgehead atoms. The third kappa shape index (κ3) is 5.31. The number of para-hydroxylation sites is 2. The lowest BCUT2D eigenvalue weighted by Gasteiger charge is -2.16. The van der Waals surface area contributed by atoms with E-state index < -0.39 is 0 Å². The van der Waals surface area contributed by atoms with Gasteiger partial charge in [0.25, 0.3) is 0 Å². The van der Waals surface area contributed by atoms with Gasteiger partial charge in [-0.05, 0) is 38.1 Å². The van der Waals surface area contributed by atoms with E-state index in [0.29, 0.717) is 22.9 Å². The van der Waals surface area contributed by atoms with Gasteiger partial charge in [-0.3, -0.25) is 4.79 Å².